The fraction of sp³-hybridized carbons (Fsp3) is 0.208. The zero-order chi connectivity index (χ0) is 21.4. The van der Waals surface area contributed by atoms with Crippen LogP contribution in [0.2, 0.25) is 0 Å². The van der Waals surface area contributed by atoms with Gasteiger partial charge in [0, 0.05) is 29.9 Å². The largest absolute Gasteiger partial charge is 0.497 e. The Kier molecular flexibility index (Phi) is 4.88. The molecule has 0 radical (unpaired) electrons. The molecule has 158 valence electrons. The summed E-state index contributed by atoms with van der Waals surface area (Å²) in [6.07, 6.45) is 0. The van der Waals surface area contributed by atoms with Crippen LogP contribution in [0.1, 0.15) is 0 Å². The summed E-state index contributed by atoms with van der Waals surface area (Å²) in [6, 6.07) is 17.2. The normalized spacial score (nSPS) is 14.2. The lowest BCUT2D eigenvalue weighted by atomic mass is 10.1. The summed E-state index contributed by atoms with van der Waals surface area (Å²) in [5, 5.41) is 4.47. The molecule has 1 aliphatic heterocycles. The van der Waals surface area contributed by atoms with E-state index in [2.05, 4.69) is 27.3 Å². The number of aromatic amines is 1. The summed E-state index contributed by atoms with van der Waals surface area (Å²) in [6.45, 7) is 3.28. The van der Waals surface area contributed by atoms with Crippen LogP contribution in [0.4, 0.5) is 22.7 Å². The molecule has 0 unspecified atom stereocenters. The minimum absolute atomic E-state index is 0.0950. The Hall–Kier alpha value is -3.71. The third-order valence-corrected chi connectivity index (χ3v) is 5.72. The monoisotopic (exact) mass is 416 g/mol. The number of hydrogen-bond acceptors (Lipinski definition) is 6. The summed E-state index contributed by atoms with van der Waals surface area (Å²) >= 11 is 0. The van der Waals surface area contributed by atoms with Gasteiger partial charge in [0.25, 0.3) is 0 Å². The van der Waals surface area contributed by atoms with Crippen molar-refractivity contribution in [1.82, 2.24) is 4.98 Å². The molecule has 1 fully saturated rings. The van der Waals surface area contributed by atoms with Gasteiger partial charge in [-0.1, -0.05) is 0 Å². The highest BCUT2D eigenvalue weighted by Crippen LogP contribution is 2.30. The van der Waals surface area contributed by atoms with Gasteiger partial charge in [-0.05, 0) is 54.6 Å². The second-order valence-electron chi connectivity index (χ2n) is 7.59. The van der Waals surface area contributed by atoms with E-state index in [1.54, 1.807) is 19.2 Å². The van der Waals surface area contributed by atoms with Crippen molar-refractivity contribution >= 4 is 44.6 Å². The number of nitrogens with one attached hydrogen (secondary N) is 2. The molecule has 0 bridgehead atoms. The molecule has 0 atom stereocenters. The van der Waals surface area contributed by atoms with Crippen molar-refractivity contribution in [3.8, 4) is 5.75 Å². The van der Waals surface area contributed by atoms with Crippen molar-refractivity contribution in [2.45, 2.75) is 0 Å². The number of pyridine rings is 1. The summed E-state index contributed by atoms with van der Waals surface area (Å²) in [4.78, 5) is 19.0. The zero-order valence-corrected chi connectivity index (χ0v) is 17.3. The number of nitrogens with two attached hydrogens (primary N) is 1. The lowest BCUT2D eigenvalue weighted by molar-refractivity contribution is 0.122. The van der Waals surface area contributed by atoms with Crippen LogP contribution in [-0.2, 0) is 4.74 Å². The summed E-state index contributed by atoms with van der Waals surface area (Å²) < 4.78 is 10.7. The van der Waals surface area contributed by atoms with Gasteiger partial charge in [-0.25, -0.2) is 0 Å². The van der Waals surface area contributed by atoms with E-state index < -0.39 is 0 Å². The second kappa shape index (κ2) is 7.85. The first-order valence-corrected chi connectivity index (χ1v) is 10.3. The molecular formula is C24H24N4O3. The minimum Gasteiger partial charge on any atom is -0.497 e. The fourth-order valence-corrected chi connectivity index (χ4v) is 4.04. The predicted molar refractivity (Wildman–Crippen MR) is 126 cm³/mol. The highest BCUT2D eigenvalue weighted by Gasteiger charge is 2.14. The molecule has 0 spiro atoms. The number of hydrogen-bond donors (Lipinski definition) is 3. The fourth-order valence-electron chi connectivity index (χ4n) is 4.04. The van der Waals surface area contributed by atoms with Crippen LogP contribution < -0.4 is 26.1 Å². The number of fused-ring (bicyclic) bond motifs is 2. The molecule has 1 saturated heterocycles. The average molecular weight is 416 g/mol. The van der Waals surface area contributed by atoms with E-state index in [9.17, 15) is 4.79 Å². The Balaban J connectivity index is 1.55. The molecule has 3 aromatic carbocycles. The number of anilines is 4. The highest BCUT2D eigenvalue weighted by atomic mass is 16.5. The SMILES string of the molecule is COc1ccc2[nH]c3c(N)ccc(Nc4ccc(N5CCOCC5)cc4)c3c(=O)c2c1. The first-order chi connectivity index (χ1) is 15.1. The number of benzene rings is 3. The van der Waals surface area contributed by atoms with Crippen molar-refractivity contribution in [3.63, 3.8) is 0 Å². The van der Waals surface area contributed by atoms with Crippen LogP contribution in [0, 0.1) is 0 Å². The number of aromatic nitrogens is 1. The van der Waals surface area contributed by atoms with Crippen molar-refractivity contribution < 1.29 is 9.47 Å². The van der Waals surface area contributed by atoms with Gasteiger partial charge >= 0.3 is 0 Å². The van der Waals surface area contributed by atoms with Crippen LogP contribution in [0.5, 0.6) is 5.75 Å². The molecule has 4 aromatic rings. The van der Waals surface area contributed by atoms with E-state index in [0.29, 0.717) is 33.4 Å². The van der Waals surface area contributed by atoms with Crippen LogP contribution in [0.25, 0.3) is 21.8 Å². The van der Waals surface area contributed by atoms with Gasteiger partial charge in [0.05, 0.1) is 48.1 Å². The van der Waals surface area contributed by atoms with E-state index in [-0.39, 0.29) is 5.43 Å². The maximum absolute atomic E-state index is 13.4. The second-order valence-corrected chi connectivity index (χ2v) is 7.59. The summed E-state index contributed by atoms with van der Waals surface area (Å²) in [5.41, 5.74) is 10.7. The lowest BCUT2D eigenvalue weighted by Gasteiger charge is -2.29. The van der Waals surface area contributed by atoms with Gasteiger partial charge in [-0.2, -0.15) is 0 Å². The van der Waals surface area contributed by atoms with Crippen LogP contribution in [-0.4, -0.2) is 38.4 Å². The quantitative estimate of drug-likeness (QED) is 0.346. The standard InChI is InChI=1S/C24H24N4O3/c1-30-17-6-8-20-18(14-17)24(29)22-21(9-7-19(25)23(22)27-20)26-15-2-4-16(5-3-15)28-10-12-31-13-11-28/h2-9,14,26H,10-13,25H2,1H3,(H,27,29). The van der Waals surface area contributed by atoms with Crippen molar-refractivity contribution in [1.29, 1.82) is 0 Å². The summed E-state index contributed by atoms with van der Waals surface area (Å²) in [5.74, 6) is 0.634. The molecule has 7 heteroatoms. The Morgan fingerprint density at radius 3 is 2.58 bits per heavy atom. The van der Waals surface area contributed by atoms with Gasteiger partial charge in [0.1, 0.15) is 5.75 Å². The molecule has 1 aliphatic rings. The van der Waals surface area contributed by atoms with E-state index in [1.165, 1.54) is 0 Å². The molecule has 5 rings (SSSR count). The third-order valence-electron chi connectivity index (χ3n) is 5.72. The number of methoxy groups -OCH3 is 1. The Morgan fingerprint density at radius 2 is 1.84 bits per heavy atom. The van der Waals surface area contributed by atoms with E-state index in [1.807, 2.05) is 30.3 Å². The van der Waals surface area contributed by atoms with Gasteiger partial charge in [-0.3, -0.25) is 4.79 Å². The van der Waals surface area contributed by atoms with Gasteiger partial charge in [0.15, 0.2) is 5.43 Å². The minimum atomic E-state index is -0.0950. The Bertz CT molecular complexity index is 1310. The average Bonchev–Trinajstić information content (AvgIpc) is 2.82. The summed E-state index contributed by atoms with van der Waals surface area (Å²) in [7, 11) is 1.59. The Labute approximate surface area is 179 Å². The Morgan fingerprint density at radius 1 is 1.06 bits per heavy atom. The predicted octanol–water partition coefficient (Wildman–Crippen LogP) is 3.85. The zero-order valence-electron chi connectivity index (χ0n) is 17.3. The van der Waals surface area contributed by atoms with Gasteiger partial charge < -0.3 is 30.4 Å². The first-order valence-electron chi connectivity index (χ1n) is 10.3. The molecule has 0 amide bonds. The van der Waals surface area contributed by atoms with Crippen LogP contribution in [0.3, 0.4) is 0 Å². The molecule has 31 heavy (non-hydrogen) atoms. The number of H-pyrrole nitrogens is 1. The molecule has 4 N–H and O–H groups in total. The van der Waals surface area contributed by atoms with Crippen LogP contribution >= 0.6 is 0 Å². The number of ether oxygens (including phenoxy) is 2. The van der Waals surface area contributed by atoms with Crippen LogP contribution in [0.15, 0.2) is 59.4 Å². The number of rotatable bonds is 4. The van der Waals surface area contributed by atoms with E-state index >= 15 is 0 Å². The van der Waals surface area contributed by atoms with E-state index in [4.69, 9.17) is 15.2 Å². The van der Waals surface area contributed by atoms with Crippen molar-refractivity contribution in [2.75, 3.05) is 49.4 Å². The molecule has 1 aromatic heterocycles. The maximum atomic E-state index is 13.4. The van der Waals surface area contributed by atoms with E-state index in [0.717, 1.165) is 43.2 Å². The molecule has 0 aliphatic carbocycles. The van der Waals surface area contributed by atoms with Crippen molar-refractivity contribution in [3.05, 3.63) is 64.8 Å². The molecule has 2 heterocycles. The van der Waals surface area contributed by atoms with Gasteiger partial charge in [-0.15, -0.1) is 0 Å². The maximum Gasteiger partial charge on any atom is 0.199 e. The molecule has 7 nitrogen and oxygen atoms in total. The van der Waals surface area contributed by atoms with Gasteiger partial charge in [0.2, 0.25) is 0 Å². The highest BCUT2D eigenvalue weighted by molar-refractivity contribution is 6.05. The molecular weight excluding hydrogens is 392 g/mol. The topological polar surface area (TPSA) is 92.6 Å². The van der Waals surface area contributed by atoms with Crippen molar-refractivity contribution in [2.24, 2.45) is 0 Å². The number of nitrogen functional groups attached to an aromatic ring is 1. The number of nitrogens with zero attached hydrogens (tertiary/aromatic N) is 1. The smallest absolute Gasteiger partial charge is 0.199 e. The third kappa shape index (κ3) is 3.53. The first kappa shape index (κ1) is 19.3. The lowest BCUT2D eigenvalue weighted by Crippen LogP contribution is -2.36. The molecule has 0 saturated carbocycles. The number of morpholine rings is 1.